The topological polar surface area (TPSA) is 17.1 Å². The zero-order chi connectivity index (χ0) is 4.83. The quantitative estimate of drug-likeness (QED) is 0.305. The van der Waals surface area contributed by atoms with Crippen LogP contribution >= 0.6 is 0 Å². The molecule has 0 bridgehead atoms. The molecule has 0 aliphatic heterocycles. The molecule has 0 aromatic heterocycles. The number of hydrogen-bond acceptors (Lipinski definition) is 1. The molecule has 7 heavy (non-hydrogen) atoms. The molecule has 0 spiro atoms. The first kappa shape index (κ1) is 10.4. The van der Waals surface area contributed by atoms with E-state index in [9.17, 15) is 4.79 Å². The van der Waals surface area contributed by atoms with E-state index in [1.807, 2.05) is 0 Å². The van der Waals surface area contributed by atoms with Crippen LogP contribution in [-0.4, -0.2) is 29.3 Å². The van der Waals surface area contributed by atoms with E-state index in [1.54, 1.807) is 0 Å². The van der Waals surface area contributed by atoms with Crippen LogP contribution in [0.2, 0.25) is 0 Å². The Hall–Kier alpha value is 0.436. The van der Waals surface area contributed by atoms with Gasteiger partial charge in [0.05, 0.1) is 0 Å². The third-order valence-electron chi connectivity index (χ3n) is 0.676. The molecule has 0 saturated carbocycles. The molecule has 0 aliphatic carbocycles. The van der Waals surface area contributed by atoms with Gasteiger partial charge in [-0.2, -0.15) is 0 Å². The van der Waals surface area contributed by atoms with Crippen LogP contribution in [0.25, 0.3) is 0 Å². The SMILES string of the molecule is CCCCC=O.[H-].[H-].[Mg+2]. The molecule has 0 aliphatic rings. The smallest absolute Gasteiger partial charge is 1.00 e. The minimum atomic E-state index is 0. The Morgan fingerprint density at radius 3 is 2.43 bits per heavy atom. The van der Waals surface area contributed by atoms with Crippen molar-refractivity contribution in [2.24, 2.45) is 0 Å². The summed E-state index contributed by atoms with van der Waals surface area (Å²) < 4.78 is 0. The zero-order valence-corrected chi connectivity index (χ0v) is 6.23. The molecule has 40 valence electrons. The van der Waals surface area contributed by atoms with Crippen LogP contribution in [0.15, 0.2) is 0 Å². The molecular weight excluding hydrogens is 100 g/mol. The first-order valence-electron chi connectivity index (χ1n) is 2.35. The molecule has 0 heterocycles. The van der Waals surface area contributed by atoms with E-state index >= 15 is 0 Å². The predicted molar refractivity (Wildman–Crippen MR) is 33.6 cm³/mol. The fourth-order valence-corrected chi connectivity index (χ4v) is 0.287. The minimum absolute atomic E-state index is 0. The Bertz CT molecular complexity index is 43.9. The van der Waals surface area contributed by atoms with Crippen molar-refractivity contribution in [3.05, 3.63) is 0 Å². The van der Waals surface area contributed by atoms with E-state index in [1.165, 1.54) is 0 Å². The Labute approximate surface area is 63.6 Å². The molecule has 1 nitrogen and oxygen atoms in total. The van der Waals surface area contributed by atoms with Crippen molar-refractivity contribution in [2.75, 3.05) is 0 Å². The van der Waals surface area contributed by atoms with Gasteiger partial charge in [-0.3, -0.25) is 0 Å². The normalized spacial score (nSPS) is 7.00. The second kappa shape index (κ2) is 9.66. The second-order valence-corrected chi connectivity index (χ2v) is 1.31. The van der Waals surface area contributed by atoms with Crippen molar-refractivity contribution >= 4 is 29.3 Å². The number of unbranched alkanes of at least 4 members (excludes halogenated alkanes) is 2. The maximum absolute atomic E-state index is 9.56. The Balaban J connectivity index is -0.0000000417. The predicted octanol–water partition coefficient (Wildman–Crippen LogP) is 1.22. The van der Waals surface area contributed by atoms with Crippen molar-refractivity contribution in [2.45, 2.75) is 26.2 Å². The molecule has 0 radical (unpaired) electrons. The van der Waals surface area contributed by atoms with Crippen molar-refractivity contribution < 1.29 is 7.65 Å². The molecule has 0 atom stereocenters. The van der Waals surface area contributed by atoms with Gasteiger partial charge in [0.15, 0.2) is 0 Å². The molecule has 0 fully saturated rings. The molecule has 0 saturated heterocycles. The largest absolute Gasteiger partial charge is 2.00 e. The van der Waals surface area contributed by atoms with E-state index in [2.05, 4.69) is 6.92 Å². The van der Waals surface area contributed by atoms with Crippen molar-refractivity contribution in [3.63, 3.8) is 0 Å². The number of carbonyl (C=O) groups is 1. The van der Waals surface area contributed by atoms with Crippen LogP contribution < -0.4 is 0 Å². The van der Waals surface area contributed by atoms with Gasteiger partial charge in [0.2, 0.25) is 0 Å². The van der Waals surface area contributed by atoms with Gasteiger partial charge >= 0.3 is 23.1 Å². The van der Waals surface area contributed by atoms with E-state index < -0.39 is 0 Å². The van der Waals surface area contributed by atoms with Gasteiger partial charge in [-0.15, -0.1) is 0 Å². The number of aldehydes is 1. The van der Waals surface area contributed by atoms with E-state index in [0.29, 0.717) is 0 Å². The van der Waals surface area contributed by atoms with Crippen LogP contribution in [0.4, 0.5) is 0 Å². The monoisotopic (exact) mass is 112 g/mol. The average Bonchev–Trinajstić information content (AvgIpc) is 1.61. The number of hydrogen-bond donors (Lipinski definition) is 0. The summed E-state index contributed by atoms with van der Waals surface area (Å²) in [5.74, 6) is 0. The molecule has 0 N–H and O–H groups in total. The van der Waals surface area contributed by atoms with Crippen molar-refractivity contribution in [1.82, 2.24) is 0 Å². The summed E-state index contributed by atoms with van der Waals surface area (Å²) in [6.07, 6.45) is 3.86. The Morgan fingerprint density at radius 1 is 1.71 bits per heavy atom. The Kier molecular flexibility index (Phi) is 14.4. The summed E-state index contributed by atoms with van der Waals surface area (Å²) >= 11 is 0. The maximum atomic E-state index is 9.56. The summed E-state index contributed by atoms with van der Waals surface area (Å²) in [7, 11) is 0. The van der Waals surface area contributed by atoms with Gasteiger partial charge in [-0.1, -0.05) is 13.3 Å². The van der Waals surface area contributed by atoms with Crippen molar-refractivity contribution in [1.29, 1.82) is 0 Å². The van der Waals surface area contributed by atoms with Crippen LogP contribution in [0, 0.1) is 0 Å². The van der Waals surface area contributed by atoms with E-state index in [4.69, 9.17) is 0 Å². The average molecular weight is 112 g/mol. The summed E-state index contributed by atoms with van der Waals surface area (Å²) in [5, 5.41) is 0. The minimum Gasteiger partial charge on any atom is -1.00 e. The molecule has 0 unspecified atom stereocenters. The van der Waals surface area contributed by atoms with Crippen LogP contribution in [0.1, 0.15) is 29.0 Å². The Morgan fingerprint density at radius 2 is 2.29 bits per heavy atom. The van der Waals surface area contributed by atoms with E-state index in [0.717, 1.165) is 25.5 Å². The van der Waals surface area contributed by atoms with Crippen LogP contribution in [-0.2, 0) is 4.79 Å². The summed E-state index contributed by atoms with van der Waals surface area (Å²) in [6.45, 7) is 2.07. The number of carbonyl (C=O) groups excluding carboxylic acids is 1. The van der Waals surface area contributed by atoms with Crippen molar-refractivity contribution in [3.8, 4) is 0 Å². The van der Waals surface area contributed by atoms with Gasteiger partial charge < -0.3 is 7.65 Å². The van der Waals surface area contributed by atoms with Gasteiger partial charge in [0.1, 0.15) is 6.29 Å². The van der Waals surface area contributed by atoms with Gasteiger partial charge in [-0.25, -0.2) is 0 Å². The second-order valence-electron chi connectivity index (χ2n) is 1.31. The first-order valence-corrected chi connectivity index (χ1v) is 2.35. The van der Waals surface area contributed by atoms with Gasteiger partial charge in [-0.05, 0) is 6.42 Å². The van der Waals surface area contributed by atoms with E-state index in [-0.39, 0.29) is 25.9 Å². The molecule has 0 amide bonds. The van der Waals surface area contributed by atoms with Gasteiger partial charge in [0, 0.05) is 6.42 Å². The fourth-order valence-electron chi connectivity index (χ4n) is 0.287. The van der Waals surface area contributed by atoms with Gasteiger partial charge in [0.25, 0.3) is 0 Å². The molecule has 0 aromatic carbocycles. The standard InChI is InChI=1S/C5H10O.Mg.2H/c1-2-3-4-5-6;;;/h5H,2-4H2,1H3;;;/q;+2;2*-1. The maximum Gasteiger partial charge on any atom is 2.00 e. The zero-order valence-electron chi connectivity index (χ0n) is 6.81. The molecule has 0 rings (SSSR count). The molecule has 2 heteroatoms. The van der Waals surface area contributed by atoms with Crippen LogP contribution in [0.3, 0.4) is 0 Å². The fraction of sp³-hybridized carbons (Fsp3) is 0.800. The third-order valence-corrected chi connectivity index (χ3v) is 0.676. The molecular formula is C5H12MgO. The van der Waals surface area contributed by atoms with Crippen LogP contribution in [0.5, 0.6) is 0 Å². The summed E-state index contributed by atoms with van der Waals surface area (Å²) in [4.78, 5) is 9.56. The first-order chi connectivity index (χ1) is 2.91. The summed E-state index contributed by atoms with van der Waals surface area (Å²) in [6, 6.07) is 0. The summed E-state index contributed by atoms with van der Waals surface area (Å²) in [5.41, 5.74) is 0. The molecule has 0 aromatic rings. The number of rotatable bonds is 3. The third kappa shape index (κ3) is 10.7.